The first kappa shape index (κ1) is 11.3. The van der Waals surface area contributed by atoms with Gasteiger partial charge in [-0.15, -0.1) is 0 Å². The molecule has 2 atom stereocenters. The van der Waals surface area contributed by atoms with E-state index in [1.807, 2.05) is 0 Å². The van der Waals surface area contributed by atoms with Crippen molar-refractivity contribution in [1.82, 2.24) is 0 Å². The van der Waals surface area contributed by atoms with Gasteiger partial charge in [0.2, 0.25) is 0 Å². The molecule has 1 heterocycles. The van der Waals surface area contributed by atoms with Gasteiger partial charge in [-0.3, -0.25) is 0 Å². The van der Waals surface area contributed by atoms with Crippen LogP contribution in [0.4, 0.5) is 0 Å². The molecule has 1 aliphatic heterocycles. The number of aliphatic hydroxyl groups excluding tert-OH is 2. The minimum Gasteiger partial charge on any atom is -0.396 e. The highest BCUT2D eigenvalue weighted by Gasteiger charge is 2.23. The Hall–Kier alpha value is 0.270. The molecule has 1 saturated heterocycles. The highest BCUT2D eigenvalue weighted by Crippen LogP contribution is 2.38. The Kier molecular flexibility index (Phi) is 5.83. The lowest BCUT2D eigenvalue weighted by atomic mass is 10.1. The van der Waals surface area contributed by atoms with E-state index in [1.54, 1.807) is 0 Å². The van der Waals surface area contributed by atoms with E-state index in [-0.39, 0.29) is 0 Å². The molecule has 0 aromatic heterocycles. The molecule has 0 aliphatic carbocycles. The first-order valence-electron chi connectivity index (χ1n) is 5.24. The van der Waals surface area contributed by atoms with Crippen LogP contribution in [0, 0.1) is 0 Å². The Morgan fingerprint density at radius 1 is 0.923 bits per heavy atom. The Labute approximate surface area is 84.7 Å². The van der Waals surface area contributed by atoms with Crippen LogP contribution in [0.5, 0.6) is 0 Å². The monoisotopic (exact) mass is 204 g/mol. The van der Waals surface area contributed by atoms with Crippen molar-refractivity contribution >= 4 is 11.8 Å². The SMILES string of the molecule is OCCCC1CCC(CCCO)S1. The van der Waals surface area contributed by atoms with E-state index in [0.717, 1.165) is 36.2 Å². The maximum absolute atomic E-state index is 8.69. The van der Waals surface area contributed by atoms with E-state index in [4.69, 9.17) is 10.2 Å². The molecule has 13 heavy (non-hydrogen) atoms. The third kappa shape index (κ3) is 4.34. The first-order valence-corrected chi connectivity index (χ1v) is 6.18. The average Bonchev–Trinajstić information content (AvgIpc) is 2.59. The van der Waals surface area contributed by atoms with Gasteiger partial charge in [-0.2, -0.15) is 11.8 Å². The Morgan fingerprint density at radius 2 is 1.38 bits per heavy atom. The van der Waals surface area contributed by atoms with Gasteiger partial charge in [0.25, 0.3) is 0 Å². The molecule has 2 unspecified atom stereocenters. The van der Waals surface area contributed by atoms with Crippen LogP contribution in [-0.4, -0.2) is 33.9 Å². The predicted molar refractivity (Wildman–Crippen MR) is 57.0 cm³/mol. The summed E-state index contributed by atoms with van der Waals surface area (Å²) < 4.78 is 0. The van der Waals surface area contributed by atoms with E-state index < -0.39 is 0 Å². The van der Waals surface area contributed by atoms with Crippen LogP contribution in [0.25, 0.3) is 0 Å². The maximum Gasteiger partial charge on any atom is 0.0431 e. The molecular weight excluding hydrogens is 184 g/mol. The molecule has 0 radical (unpaired) electrons. The quantitative estimate of drug-likeness (QED) is 0.693. The zero-order valence-electron chi connectivity index (χ0n) is 8.11. The molecule has 3 heteroatoms. The summed E-state index contributed by atoms with van der Waals surface area (Å²) in [7, 11) is 0. The number of aliphatic hydroxyl groups is 2. The van der Waals surface area contributed by atoms with Crippen LogP contribution in [-0.2, 0) is 0 Å². The minimum absolute atomic E-state index is 0.332. The molecule has 1 aliphatic rings. The van der Waals surface area contributed by atoms with E-state index in [9.17, 15) is 0 Å². The standard InChI is InChI=1S/C10H20O2S/c11-7-1-3-9-5-6-10(13-9)4-2-8-12/h9-12H,1-8H2. The third-order valence-corrected chi connectivity index (χ3v) is 4.28. The van der Waals surface area contributed by atoms with Crippen LogP contribution in [0.15, 0.2) is 0 Å². The summed E-state index contributed by atoms with van der Waals surface area (Å²) in [4.78, 5) is 0. The van der Waals surface area contributed by atoms with Gasteiger partial charge in [0, 0.05) is 23.7 Å². The maximum atomic E-state index is 8.69. The largest absolute Gasteiger partial charge is 0.396 e. The summed E-state index contributed by atoms with van der Waals surface area (Å²) in [5.74, 6) is 0. The summed E-state index contributed by atoms with van der Waals surface area (Å²) in [6.07, 6.45) is 6.84. The lowest BCUT2D eigenvalue weighted by Gasteiger charge is -2.09. The molecule has 2 nitrogen and oxygen atoms in total. The van der Waals surface area contributed by atoms with Gasteiger partial charge >= 0.3 is 0 Å². The minimum atomic E-state index is 0.332. The predicted octanol–water partition coefficient (Wildman–Crippen LogP) is 1.80. The number of rotatable bonds is 6. The van der Waals surface area contributed by atoms with Crippen molar-refractivity contribution in [3.63, 3.8) is 0 Å². The topological polar surface area (TPSA) is 40.5 Å². The van der Waals surface area contributed by atoms with Gasteiger partial charge in [-0.25, -0.2) is 0 Å². The van der Waals surface area contributed by atoms with Gasteiger partial charge in [0.1, 0.15) is 0 Å². The molecule has 78 valence electrons. The summed E-state index contributed by atoms with van der Waals surface area (Å²) in [5, 5.41) is 18.9. The molecule has 2 N–H and O–H groups in total. The van der Waals surface area contributed by atoms with Crippen molar-refractivity contribution in [1.29, 1.82) is 0 Å². The second-order valence-electron chi connectivity index (χ2n) is 3.69. The molecule has 1 fully saturated rings. The molecule has 1 rings (SSSR count). The van der Waals surface area contributed by atoms with Gasteiger partial charge in [0.05, 0.1) is 0 Å². The number of hydrogen-bond donors (Lipinski definition) is 2. The van der Waals surface area contributed by atoms with Crippen molar-refractivity contribution in [3.05, 3.63) is 0 Å². The molecule has 0 saturated carbocycles. The van der Waals surface area contributed by atoms with E-state index >= 15 is 0 Å². The number of hydrogen-bond acceptors (Lipinski definition) is 3. The fraction of sp³-hybridized carbons (Fsp3) is 1.00. The molecule has 0 aromatic carbocycles. The fourth-order valence-electron chi connectivity index (χ4n) is 1.84. The van der Waals surface area contributed by atoms with E-state index in [1.165, 1.54) is 12.8 Å². The number of thioether (sulfide) groups is 1. The Bertz CT molecular complexity index is 116. The Balaban J connectivity index is 2.05. The zero-order valence-corrected chi connectivity index (χ0v) is 8.93. The van der Waals surface area contributed by atoms with Crippen molar-refractivity contribution in [3.8, 4) is 0 Å². The molecule has 0 aromatic rings. The van der Waals surface area contributed by atoms with Crippen molar-refractivity contribution in [2.45, 2.75) is 49.0 Å². The van der Waals surface area contributed by atoms with Crippen molar-refractivity contribution < 1.29 is 10.2 Å². The first-order chi connectivity index (χ1) is 6.36. The van der Waals surface area contributed by atoms with Crippen LogP contribution < -0.4 is 0 Å². The highest BCUT2D eigenvalue weighted by atomic mass is 32.2. The molecular formula is C10H20O2S. The zero-order chi connectivity index (χ0) is 9.52. The Morgan fingerprint density at radius 3 is 1.77 bits per heavy atom. The highest BCUT2D eigenvalue weighted by molar-refractivity contribution is 8.00. The van der Waals surface area contributed by atoms with Crippen LogP contribution in [0.2, 0.25) is 0 Å². The van der Waals surface area contributed by atoms with Gasteiger partial charge in [-0.1, -0.05) is 0 Å². The summed E-state index contributed by atoms with van der Waals surface area (Å²) >= 11 is 2.07. The van der Waals surface area contributed by atoms with Crippen molar-refractivity contribution in [2.24, 2.45) is 0 Å². The average molecular weight is 204 g/mol. The molecule has 0 bridgehead atoms. The van der Waals surface area contributed by atoms with E-state index in [0.29, 0.717) is 13.2 Å². The van der Waals surface area contributed by atoms with Gasteiger partial charge in [0.15, 0.2) is 0 Å². The van der Waals surface area contributed by atoms with Gasteiger partial charge < -0.3 is 10.2 Å². The van der Waals surface area contributed by atoms with Crippen molar-refractivity contribution in [2.75, 3.05) is 13.2 Å². The normalized spacial score (nSPS) is 28.2. The van der Waals surface area contributed by atoms with Crippen LogP contribution in [0.3, 0.4) is 0 Å². The fourth-order valence-corrected chi connectivity index (χ4v) is 3.54. The lowest BCUT2D eigenvalue weighted by Crippen LogP contribution is -2.00. The van der Waals surface area contributed by atoms with Crippen LogP contribution in [0.1, 0.15) is 38.5 Å². The summed E-state index contributed by atoms with van der Waals surface area (Å²) in [5.41, 5.74) is 0. The lowest BCUT2D eigenvalue weighted by molar-refractivity contribution is 0.282. The van der Waals surface area contributed by atoms with E-state index in [2.05, 4.69) is 11.8 Å². The summed E-state index contributed by atoms with van der Waals surface area (Å²) in [6, 6.07) is 0. The van der Waals surface area contributed by atoms with Crippen LogP contribution >= 0.6 is 11.8 Å². The second-order valence-corrected chi connectivity index (χ2v) is 5.29. The smallest absolute Gasteiger partial charge is 0.0431 e. The summed E-state index contributed by atoms with van der Waals surface area (Å²) in [6.45, 7) is 0.663. The second kappa shape index (κ2) is 6.68. The third-order valence-electron chi connectivity index (χ3n) is 2.56. The molecule has 0 amide bonds. The molecule has 0 spiro atoms. The van der Waals surface area contributed by atoms with Gasteiger partial charge in [-0.05, 0) is 38.5 Å².